The number of carbonyl (C=O) groups excluding carboxylic acids is 2. The van der Waals surface area contributed by atoms with Gasteiger partial charge >= 0.3 is 0 Å². The largest absolute Gasteiger partial charge is 0.487 e. The second kappa shape index (κ2) is 5.43. The van der Waals surface area contributed by atoms with Crippen molar-refractivity contribution in [3.8, 4) is 0 Å². The minimum atomic E-state index is -0.922. The number of ketones is 2. The lowest BCUT2D eigenvalue weighted by atomic mass is 9.48. The fourth-order valence-corrected chi connectivity index (χ4v) is 4.61. The topological polar surface area (TPSA) is 43.4 Å². The Labute approximate surface area is 151 Å². The zero-order valence-corrected chi connectivity index (χ0v) is 16.5. The maximum absolute atomic E-state index is 13.3. The Bertz CT molecular complexity index is 728. The Morgan fingerprint density at radius 2 is 1.84 bits per heavy atom. The van der Waals surface area contributed by atoms with Gasteiger partial charge in [0.1, 0.15) is 11.4 Å². The van der Waals surface area contributed by atoms with Crippen LogP contribution in [0, 0.1) is 22.7 Å². The normalized spacial score (nSPS) is 35.2. The average Bonchev–Trinajstić information content (AvgIpc) is 2.47. The predicted molar refractivity (Wildman–Crippen MR) is 98.9 cm³/mol. The molecule has 0 aromatic heterocycles. The van der Waals surface area contributed by atoms with Gasteiger partial charge in [-0.25, -0.2) is 0 Å². The van der Waals surface area contributed by atoms with Gasteiger partial charge in [0.25, 0.3) is 0 Å². The van der Waals surface area contributed by atoms with Crippen molar-refractivity contribution >= 4 is 11.6 Å². The van der Waals surface area contributed by atoms with Crippen LogP contribution in [0.5, 0.6) is 0 Å². The zero-order chi connectivity index (χ0) is 18.8. The van der Waals surface area contributed by atoms with Gasteiger partial charge in [0.05, 0.1) is 16.9 Å². The van der Waals surface area contributed by atoms with Gasteiger partial charge in [-0.05, 0) is 70.9 Å². The van der Waals surface area contributed by atoms with Crippen molar-refractivity contribution in [1.82, 2.24) is 0 Å². The lowest BCUT2D eigenvalue weighted by Crippen LogP contribution is -2.59. The Hall–Kier alpha value is -1.64. The molecule has 3 rings (SSSR count). The number of allylic oxidation sites excluding steroid dienone is 5. The quantitative estimate of drug-likeness (QED) is 0.536. The third-order valence-electron chi connectivity index (χ3n) is 6.37. The maximum atomic E-state index is 13.3. The third-order valence-corrected chi connectivity index (χ3v) is 6.37. The molecule has 0 unspecified atom stereocenters. The highest BCUT2D eigenvalue weighted by atomic mass is 16.5. The molecule has 3 heteroatoms. The lowest BCUT2D eigenvalue weighted by Gasteiger charge is -2.54. The van der Waals surface area contributed by atoms with Crippen LogP contribution < -0.4 is 0 Å². The van der Waals surface area contributed by atoms with E-state index >= 15 is 0 Å². The molecule has 0 spiro atoms. The van der Waals surface area contributed by atoms with E-state index in [1.807, 2.05) is 32.9 Å². The molecule has 136 valence electrons. The fourth-order valence-electron chi connectivity index (χ4n) is 4.61. The van der Waals surface area contributed by atoms with Crippen molar-refractivity contribution in [2.75, 3.05) is 0 Å². The van der Waals surface area contributed by atoms with Crippen molar-refractivity contribution in [2.45, 2.75) is 66.9 Å². The zero-order valence-electron chi connectivity index (χ0n) is 16.5. The van der Waals surface area contributed by atoms with Crippen LogP contribution >= 0.6 is 0 Å². The van der Waals surface area contributed by atoms with Crippen molar-refractivity contribution < 1.29 is 14.3 Å². The predicted octanol–water partition coefficient (Wildman–Crippen LogP) is 4.78. The molecule has 0 radical (unpaired) electrons. The van der Waals surface area contributed by atoms with Crippen LogP contribution in [0.4, 0.5) is 0 Å². The van der Waals surface area contributed by atoms with Crippen molar-refractivity contribution in [2.24, 2.45) is 22.7 Å². The number of rotatable bonds is 2. The number of ether oxygens (including phenoxy) is 1. The molecule has 0 amide bonds. The smallest absolute Gasteiger partial charge is 0.179 e. The van der Waals surface area contributed by atoms with Crippen LogP contribution in [0.1, 0.15) is 61.3 Å². The standard InChI is InChI=1S/C22H30O3/c1-13(2)8-9-14-12-22(7)18(23)15-10-11-20(3,4)25-17(15)16(19(22)24)21(14,5)6/h8,10-11,14,16H,9,12H2,1-7H3/t14-,16-,22+/m0/s1. The highest BCUT2D eigenvalue weighted by Crippen LogP contribution is 2.59. The fraction of sp³-hybridized carbons (Fsp3) is 0.636. The van der Waals surface area contributed by atoms with Crippen LogP contribution in [0.2, 0.25) is 0 Å². The summed E-state index contributed by atoms with van der Waals surface area (Å²) >= 11 is 0. The van der Waals surface area contributed by atoms with Crippen molar-refractivity contribution in [3.05, 3.63) is 35.1 Å². The average molecular weight is 342 g/mol. The molecule has 0 N–H and O–H groups in total. The first-order valence-corrected chi connectivity index (χ1v) is 9.25. The van der Waals surface area contributed by atoms with E-state index in [-0.39, 0.29) is 28.8 Å². The highest BCUT2D eigenvalue weighted by molar-refractivity contribution is 6.20. The summed E-state index contributed by atoms with van der Waals surface area (Å²) in [5.74, 6) is 0.505. The highest BCUT2D eigenvalue weighted by Gasteiger charge is 2.63. The summed E-state index contributed by atoms with van der Waals surface area (Å²) in [5.41, 5.74) is 0.225. The first kappa shape index (κ1) is 18.2. The second-order valence-corrected chi connectivity index (χ2v) is 9.51. The molecule has 0 aromatic carbocycles. The van der Waals surface area contributed by atoms with Gasteiger partial charge in [0.2, 0.25) is 0 Å². The summed E-state index contributed by atoms with van der Waals surface area (Å²) in [7, 11) is 0. The van der Waals surface area contributed by atoms with E-state index in [1.165, 1.54) is 5.57 Å². The van der Waals surface area contributed by atoms with Crippen LogP contribution in [0.25, 0.3) is 0 Å². The molecule has 3 nitrogen and oxygen atoms in total. The molecule has 0 aromatic rings. The van der Waals surface area contributed by atoms with Crippen LogP contribution in [0.15, 0.2) is 35.1 Å². The van der Waals surface area contributed by atoms with E-state index in [0.29, 0.717) is 17.8 Å². The minimum Gasteiger partial charge on any atom is -0.487 e. The molecule has 3 aliphatic rings. The van der Waals surface area contributed by atoms with Crippen LogP contribution in [0.3, 0.4) is 0 Å². The van der Waals surface area contributed by atoms with Crippen LogP contribution in [-0.2, 0) is 14.3 Å². The number of hydrogen-bond acceptors (Lipinski definition) is 3. The molecule has 25 heavy (non-hydrogen) atoms. The number of Topliss-reactive ketones (excluding diaryl/α,β-unsaturated/α-hetero) is 2. The van der Waals surface area contributed by atoms with Crippen molar-refractivity contribution in [1.29, 1.82) is 0 Å². The van der Waals surface area contributed by atoms with E-state index in [1.54, 1.807) is 0 Å². The van der Waals surface area contributed by atoms with Gasteiger partial charge in [-0.1, -0.05) is 25.5 Å². The van der Waals surface area contributed by atoms with Gasteiger partial charge in [-0.2, -0.15) is 0 Å². The first-order valence-electron chi connectivity index (χ1n) is 9.25. The first-order chi connectivity index (χ1) is 11.4. The minimum absolute atomic E-state index is 0.0424. The molecule has 2 aliphatic carbocycles. The molecule has 1 fully saturated rings. The van der Waals surface area contributed by atoms with E-state index in [4.69, 9.17) is 4.74 Å². The van der Waals surface area contributed by atoms with E-state index < -0.39 is 11.0 Å². The number of hydrogen-bond donors (Lipinski definition) is 0. The monoisotopic (exact) mass is 342 g/mol. The van der Waals surface area contributed by atoms with Crippen LogP contribution in [-0.4, -0.2) is 17.2 Å². The molecule has 0 saturated heterocycles. The third kappa shape index (κ3) is 2.63. The number of fused-ring (bicyclic) bond motifs is 3. The van der Waals surface area contributed by atoms with E-state index in [2.05, 4.69) is 33.8 Å². The molecule has 1 aliphatic heterocycles. The van der Waals surface area contributed by atoms with Gasteiger partial charge in [0, 0.05) is 0 Å². The van der Waals surface area contributed by atoms with Gasteiger partial charge in [0.15, 0.2) is 11.6 Å². The van der Waals surface area contributed by atoms with E-state index in [0.717, 1.165) is 6.42 Å². The SMILES string of the molecule is CC(C)=CC[C@H]1C[C@]2(C)C(=O)C3=C(OC(C)(C)C=C3)[C@@H](C2=O)C1(C)C. The summed E-state index contributed by atoms with van der Waals surface area (Å²) < 4.78 is 6.19. The molecule has 1 saturated carbocycles. The van der Waals surface area contributed by atoms with Crippen molar-refractivity contribution in [3.63, 3.8) is 0 Å². The molecule has 2 bridgehead atoms. The molecular formula is C22H30O3. The Kier molecular flexibility index (Phi) is 3.94. The summed E-state index contributed by atoms with van der Waals surface area (Å²) in [4.78, 5) is 26.5. The number of carbonyl (C=O) groups is 2. The summed E-state index contributed by atoms with van der Waals surface area (Å²) in [5, 5.41) is 0. The Morgan fingerprint density at radius 1 is 1.20 bits per heavy atom. The summed E-state index contributed by atoms with van der Waals surface area (Å²) in [6.07, 6.45) is 7.54. The lowest BCUT2D eigenvalue weighted by molar-refractivity contribution is -0.157. The second-order valence-electron chi connectivity index (χ2n) is 9.51. The molecule has 1 heterocycles. The molecular weight excluding hydrogens is 312 g/mol. The summed E-state index contributed by atoms with van der Waals surface area (Å²) in [6, 6.07) is 0. The maximum Gasteiger partial charge on any atom is 0.179 e. The molecule has 3 atom stereocenters. The summed E-state index contributed by atoms with van der Waals surface area (Å²) in [6.45, 7) is 14.3. The Morgan fingerprint density at radius 3 is 2.44 bits per heavy atom. The van der Waals surface area contributed by atoms with E-state index in [9.17, 15) is 9.59 Å². The van der Waals surface area contributed by atoms with Gasteiger partial charge in [-0.15, -0.1) is 0 Å². The Balaban J connectivity index is 2.14. The van der Waals surface area contributed by atoms with Gasteiger partial charge < -0.3 is 4.74 Å². The van der Waals surface area contributed by atoms with Gasteiger partial charge in [-0.3, -0.25) is 9.59 Å².